The molecule has 3 rings (SSSR count). The third kappa shape index (κ3) is 6.94. The molecule has 2 aromatic carbocycles. The average Bonchev–Trinajstić information content (AvgIpc) is 2.74. The zero-order chi connectivity index (χ0) is 20.5. The van der Waals surface area contributed by atoms with Crippen molar-refractivity contribution >= 4 is 27.3 Å². The molecule has 1 atom stereocenters. The van der Waals surface area contributed by atoms with Gasteiger partial charge in [-0.05, 0) is 40.2 Å². The fourth-order valence-corrected chi connectivity index (χ4v) is 3.33. The second-order valence-electron chi connectivity index (χ2n) is 6.67. The van der Waals surface area contributed by atoms with E-state index in [4.69, 9.17) is 20.6 Å². The minimum atomic E-state index is -0.549. The predicted molar refractivity (Wildman–Crippen MR) is 117 cm³/mol. The van der Waals surface area contributed by atoms with E-state index in [1.54, 1.807) is 0 Å². The summed E-state index contributed by atoms with van der Waals surface area (Å²) >= 11 is 3.45. The van der Waals surface area contributed by atoms with Crippen LogP contribution in [0.2, 0.25) is 0 Å². The molecule has 1 fully saturated rings. The van der Waals surface area contributed by atoms with E-state index in [0.717, 1.165) is 28.9 Å². The van der Waals surface area contributed by atoms with Gasteiger partial charge in [0.1, 0.15) is 30.8 Å². The van der Waals surface area contributed by atoms with Crippen molar-refractivity contribution in [1.29, 1.82) is 0 Å². The third-order valence-corrected chi connectivity index (χ3v) is 5.04. The van der Waals surface area contributed by atoms with Crippen LogP contribution in [0.1, 0.15) is 0 Å². The summed E-state index contributed by atoms with van der Waals surface area (Å²) in [6.45, 7) is 4.15. The number of nitrogens with one attached hydrogen (secondary N) is 1. The first kappa shape index (κ1) is 21.5. The summed E-state index contributed by atoms with van der Waals surface area (Å²) in [5.41, 5.74) is 1.74. The van der Waals surface area contributed by atoms with Gasteiger partial charge in [-0.2, -0.15) is 0 Å². The number of morpholine rings is 1. The molecule has 1 heterocycles. The maximum atomic E-state index is 10.2. The highest BCUT2D eigenvalue weighted by Gasteiger charge is 2.15. The van der Waals surface area contributed by atoms with Crippen molar-refractivity contribution in [1.82, 2.24) is 4.90 Å². The predicted octanol–water partition coefficient (Wildman–Crippen LogP) is 3.28. The number of nitrogens with zero attached hydrogens (tertiary/aromatic N) is 1. The molecule has 0 bridgehead atoms. The van der Waals surface area contributed by atoms with E-state index in [-0.39, 0.29) is 13.2 Å². The Labute approximate surface area is 179 Å². The monoisotopic (exact) mass is 460 g/mol. The van der Waals surface area contributed by atoms with Crippen LogP contribution in [0.3, 0.4) is 0 Å². The molecule has 2 N–H and O–H groups in total. The lowest BCUT2D eigenvalue weighted by Gasteiger charge is -2.28. The van der Waals surface area contributed by atoms with Gasteiger partial charge >= 0.3 is 0 Å². The Morgan fingerprint density at radius 1 is 1.17 bits per heavy atom. The van der Waals surface area contributed by atoms with E-state index < -0.39 is 6.10 Å². The van der Waals surface area contributed by atoms with Crippen molar-refractivity contribution in [3.05, 3.63) is 46.9 Å². The van der Waals surface area contributed by atoms with E-state index in [1.807, 2.05) is 42.5 Å². The number of terminal acetylenes is 1. The van der Waals surface area contributed by atoms with E-state index in [0.29, 0.717) is 31.3 Å². The van der Waals surface area contributed by atoms with Gasteiger partial charge < -0.3 is 24.6 Å². The number of halogens is 1. The van der Waals surface area contributed by atoms with Crippen LogP contribution in [-0.4, -0.2) is 62.2 Å². The molecule has 7 heteroatoms. The quantitative estimate of drug-likeness (QED) is 0.559. The van der Waals surface area contributed by atoms with Crippen LogP contribution in [0.4, 0.5) is 11.4 Å². The van der Waals surface area contributed by atoms with Gasteiger partial charge in [-0.15, -0.1) is 6.42 Å². The van der Waals surface area contributed by atoms with Crippen LogP contribution < -0.4 is 14.8 Å². The van der Waals surface area contributed by atoms with Crippen molar-refractivity contribution in [2.45, 2.75) is 6.10 Å². The highest BCUT2D eigenvalue weighted by molar-refractivity contribution is 9.10. The number of anilines is 2. The number of aliphatic hydroxyl groups is 1. The highest BCUT2D eigenvalue weighted by atomic mass is 79.9. The number of hydrogen-bond donors (Lipinski definition) is 2. The Morgan fingerprint density at radius 2 is 1.97 bits per heavy atom. The van der Waals surface area contributed by atoms with Crippen molar-refractivity contribution in [2.75, 3.05) is 51.4 Å². The molecule has 1 aliphatic heterocycles. The second-order valence-corrected chi connectivity index (χ2v) is 7.52. The van der Waals surface area contributed by atoms with Gasteiger partial charge in [0.2, 0.25) is 0 Å². The lowest BCUT2D eigenvalue weighted by molar-refractivity contribution is 0.00466. The molecular formula is C22H25BrN2O4. The molecule has 1 aliphatic rings. The molecule has 0 saturated carbocycles. The van der Waals surface area contributed by atoms with Crippen LogP contribution in [0.5, 0.6) is 11.5 Å². The molecule has 154 valence electrons. The lowest BCUT2D eigenvalue weighted by atomic mass is 10.2. The van der Waals surface area contributed by atoms with Gasteiger partial charge in [0.25, 0.3) is 0 Å². The summed E-state index contributed by atoms with van der Waals surface area (Å²) in [5, 5.41) is 13.6. The molecule has 0 aliphatic carbocycles. The van der Waals surface area contributed by atoms with Gasteiger partial charge in [0.05, 0.1) is 17.7 Å². The number of hydrogen-bond acceptors (Lipinski definition) is 6. The zero-order valence-corrected chi connectivity index (χ0v) is 17.7. The maximum Gasteiger partial charge on any atom is 0.148 e. The summed E-state index contributed by atoms with van der Waals surface area (Å²) in [5.74, 6) is 3.82. The summed E-state index contributed by atoms with van der Waals surface area (Å²) in [4.78, 5) is 2.18. The van der Waals surface area contributed by atoms with Crippen LogP contribution in [0.25, 0.3) is 0 Å². The molecule has 0 aromatic heterocycles. The van der Waals surface area contributed by atoms with Gasteiger partial charge in [-0.3, -0.25) is 4.90 Å². The molecule has 1 unspecified atom stereocenters. The summed E-state index contributed by atoms with van der Waals surface area (Å²) in [6.07, 6.45) is 4.71. The van der Waals surface area contributed by atoms with Crippen LogP contribution in [0, 0.1) is 12.3 Å². The first-order chi connectivity index (χ1) is 14.1. The Balaban J connectivity index is 1.54. The smallest absolute Gasteiger partial charge is 0.148 e. The molecule has 0 radical (unpaired) electrons. The Bertz CT molecular complexity index is 834. The van der Waals surface area contributed by atoms with E-state index >= 15 is 0 Å². The van der Waals surface area contributed by atoms with Crippen molar-refractivity contribution in [3.8, 4) is 23.8 Å². The third-order valence-electron chi connectivity index (χ3n) is 4.38. The minimum absolute atomic E-state index is 0.207. The fourth-order valence-electron chi connectivity index (χ4n) is 2.97. The minimum Gasteiger partial charge on any atom is -0.491 e. The van der Waals surface area contributed by atoms with Gasteiger partial charge in [-0.25, -0.2) is 0 Å². The highest BCUT2D eigenvalue weighted by Crippen LogP contribution is 2.30. The average molecular weight is 461 g/mol. The Hall–Kier alpha value is -2.24. The SMILES string of the molecule is C#CCOc1cc(Nc2cccc(OCC(O)CN3CCOCC3)c2)ccc1Br. The van der Waals surface area contributed by atoms with E-state index in [9.17, 15) is 5.11 Å². The molecule has 0 amide bonds. The molecule has 1 saturated heterocycles. The van der Waals surface area contributed by atoms with E-state index in [1.165, 1.54) is 0 Å². The van der Waals surface area contributed by atoms with Gasteiger partial charge in [0, 0.05) is 43.1 Å². The lowest BCUT2D eigenvalue weighted by Crippen LogP contribution is -2.42. The standard InChI is InChI=1S/C22H25BrN2O4/c1-2-10-28-22-14-18(6-7-21(22)23)24-17-4-3-5-20(13-17)29-16-19(26)15-25-8-11-27-12-9-25/h1,3-7,13-14,19,24,26H,8-12,15-16H2. The van der Waals surface area contributed by atoms with Gasteiger partial charge in [-0.1, -0.05) is 12.0 Å². The summed E-state index contributed by atoms with van der Waals surface area (Å²) in [7, 11) is 0. The first-order valence-corrected chi connectivity index (χ1v) is 10.3. The molecule has 6 nitrogen and oxygen atoms in total. The summed E-state index contributed by atoms with van der Waals surface area (Å²) < 4.78 is 17.5. The summed E-state index contributed by atoms with van der Waals surface area (Å²) in [6, 6.07) is 13.3. The molecule has 2 aromatic rings. The normalized spacial score (nSPS) is 15.3. The Kier molecular flexibility index (Phi) is 8.20. The van der Waals surface area contributed by atoms with Crippen molar-refractivity contribution < 1.29 is 19.3 Å². The van der Waals surface area contributed by atoms with Crippen LogP contribution >= 0.6 is 15.9 Å². The van der Waals surface area contributed by atoms with E-state index in [2.05, 4.69) is 32.1 Å². The number of aliphatic hydroxyl groups excluding tert-OH is 1. The maximum absolute atomic E-state index is 10.2. The zero-order valence-electron chi connectivity index (χ0n) is 16.1. The number of benzene rings is 2. The van der Waals surface area contributed by atoms with Crippen LogP contribution in [0.15, 0.2) is 46.9 Å². The molecular weight excluding hydrogens is 436 g/mol. The second kappa shape index (κ2) is 11.1. The number of β-amino-alcohol motifs (C(OH)–C–C–N with tert-alkyl or cyclic N) is 1. The largest absolute Gasteiger partial charge is 0.491 e. The Morgan fingerprint density at radius 3 is 2.76 bits per heavy atom. The van der Waals surface area contributed by atoms with Crippen LogP contribution in [-0.2, 0) is 4.74 Å². The fraction of sp³-hybridized carbons (Fsp3) is 0.364. The molecule has 0 spiro atoms. The number of rotatable bonds is 9. The topological polar surface area (TPSA) is 63.2 Å². The first-order valence-electron chi connectivity index (χ1n) is 9.48. The molecule has 29 heavy (non-hydrogen) atoms. The van der Waals surface area contributed by atoms with Crippen molar-refractivity contribution in [2.24, 2.45) is 0 Å². The van der Waals surface area contributed by atoms with Crippen molar-refractivity contribution in [3.63, 3.8) is 0 Å². The number of ether oxygens (including phenoxy) is 3. The van der Waals surface area contributed by atoms with Gasteiger partial charge in [0.15, 0.2) is 0 Å².